The lowest BCUT2D eigenvalue weighted by atomic mass is 9.97. The minimum atomic E-state index is 0.183. The molecule has 112 valence electrons. The third-order valence-corrected chi connectivity index (χ3v) is 3.66. The largest absolute Gasteiger partial charge is 0.496 e. The van der Waals surface area contributed by atoms with Crippen molar-refractivity contribution in [1.29, 1.82) is 0 Å². The van der Waals surface area contributed by atoms with Crippen molar-refractivity contribution in [1.82, 2.24) is 5.43 Å². The van der Waals surface area contributed by atoms with Crippen molar-refractivity contribution in [3.05, 3.63) is 64.7 Å². The molecule has 0 bridgehead atoms. The topological polar surface area (TPSA) is 47.3 Å². The van der Waals surface area contributed by atoms with Crippen LogP contribution in [-0.2, 0) is 12.8 Å². The maximum Gasteiger partial charge on any atom is 0.122 e. The Balaban J connectivity index is 2.13. The van der Waals surface area contributed by atoms with E-state index in [0.717, 1.165) is 18.6 Å². The normalized spacial score (nSPS) is 12.2. The summed E-state index contributed by atoms with van der Waals surface area (Å²) >= 11 is 0. The van der Waals surface area contributed by atoms with Gasteiger partial charge in [-0.2, -0.15) is 0 Å². The van der Waals surface area contributed by atoms with Gasteiger partial charge in [-0.05, 0) is 43.9 Å². The first-order valence-electron chi connectivity index (χ1n) is 7.27. The number of methoxy groups -OCH3 is 1. The Bertz CT molecular complexity index is 575. The van der Waals surface area contributed by atoms with Crippen LogP contribution >= 0.6 is 0 Å². The second-order valence-corrected chi connectivity index (χ2v) is 5.58. The van der Waals surface area contributed by atoms with Crippen molar-refractivity contribution < 1.29 is 4.74 Å². The van der Waals surface area contributed by atoms with E-state index < -0.39 is 0 Å². The Morgan fingerprint density at radius 1 is 1.05 bits per heavy atom. The van der Waals surface area contributed by atoms with Gasteiger partial charge in [0, 0.05) is 6.04 Å². The van der Waals surface area contributed by atoms with Gasteiger partial charge in [0.25, 0.3) is 0 Å². The molecule has 2 aromatic carbocycles. The minimum Gasteiger partial charge on any atom is -0.496 e. The van der Waals surface area contributed by atoms with Crippen LogP contribution < -0.4 is 16.0 Å². The maximum absolute atomic E-state index is 5.75. The van der Waals surface area contributed by atoms with E-state index >= 15 is 0 Å². The molecule has 3 N–H and O–H groups in total. The van der Waals surface area contributed by atoms with Gasteiger partial charge in [0.1, 0.15) is 5.75 Å². The zero-order valence-electron chi connectivity index (χ0n) is 13.0. The van der Waals surface area contributed by atoms with Crippen LogP contribution in [0.25, 0.3) is 0 Å². The van der Waals surface area contributed by atoms with E-state index in [2.05, 4.69) is 43.5 Å². The van der Waals surface area contributed by atoms with Gasteiger partial charge in [0.05, 0.1) is 7.11 Å². The van der Waals surface area contributed by atoms with E-state index in [0.29, 0.717) is 0 Å². The summed E-state index contributed by atoms with van der Waals surface area (Å²) in [6, 6.07) is 14.9. The highest BCUT2D eigenvalue weighted by atomic mass is 16.5. The van der Waals surface area contributed by atoms with Crippen molar-refractivity contribution in [3.63, 3.8) is 0 Å². The molecule has 0 aliphatic rings. The van der Waals surface area contributed by atoms with E-state index in [-0.39, 0.29) is 6.04 Å². The molecule has 0 amide bonds. The average molecular weight is 284 g/mol. The van der Waals surface area contributed by atoms with Crippen molar-refractivity contribution in [2.24, 2.45) is 5.84 Å². The molecule has 0 radical (unpaired) electrons. The summed E-state index contributed by atoms with van der Waals surface area (Å²) in [6.07, 6.45) is 1.74. The molecule has 0 aliphatic carbocycles. The molecule has 0 saturated carbocycles. The van der Waals surface area contributed by atoms with Crippen LogP contribution in [0.4, 0.5) is 0 Å². The van der Waals surface area contributed by atoms with E-state index in [9.17, 15) is 0 Å². The first-order valence-corrected chi connectivity index (χ1v) is 7.27. The lowest BCUT2D eigenvalue weighted by molar-refractivity contribution is 0.404. The summed E-state index contributed by atoms with van der Waals surface area (Å²) in [7, 11) is 1.70. The summed E-state index contributed by atoms with van der Waals surface area (Å²) in [4.78, 5) is 0. The Hall–Kier alpha value is -1.84. The van der Waals surface area contributed by atoms with Crippen molar-refractivity contribution in [2.75, 3.05) is 7.11 Å². The first-order chi connectivity index (χ1) is 10.1. The third-order valence-electron chi connectivity index (χ3n) is 3.66. The molecule has 3 nitrogen and oxygen atoms in total. The van der Waals surface area contributed by atoms with Gasteiger partial charge >= 0.3 is 0 Å². The van der Waals surface area contributed by atoms with Gasteiger partial charge < -0.3 is 4.74 Å². The predicted octanol–water partition coefficient (Wildman–Crippen LogP) is 2.93. The lowest BCUT2D eigenvalue weighted by Crippen LogP contribution is -2.38. The molecular formula is C18H24N2O. The lowest BCUT2D eigenvalue weighted by Gasteiger charge is -2.18. The highest BCUT2D eigenvalue weighted by molar-refractivity contribution is 5.34. The number of nitrogens with one attached hydrogen (secondary N) is 1. The number of hydrogen-bond acceptors (Lipinski definition) is 3. The third kappa shape index (κ3) is 4.31. The van der Waals surface area contributed by atoms with Gasteiger partial charge in [0.2, 0.25) is 0 Å². The maximum atomic E-state index is 5.75. The standard InChI is InChI=1S/C18H24N2O/c1-13-8-14(2)10-15(9-13)11-17(20-19)12-16-6-4-5-7-18(16)21-3/h4-10,17,20H,11-12,19H2,1-3H3. The summed E-state index contributed by atoms with van der Waals surface area (Å²) in [5, 5.41) is 0. The Labute approximate surface area is 127 Å². The fraction of sp³-hybridized carbons (Fsp3) is 0.333. The quantitative estimate of drug-likeness (QED) is 0.633. The second-order valence-electron chi connectivity index (χ2n) is 5.58. The SMILES string of the molecule is COc1ccccc1CC(Cc1cc(C)cc(C)c1)NN. The molecule has 1 unspecified atom stereocenters. The molecule has 1 atom stereocenters. The molecule has 0 heterocycles. The number of ether oxygens (including phenoxy) is 1. The second kappa shape index (κ2) is 7.25. The molecule has 0 saturated heterocycles. The molecule has 2 aromatic rings. The summed E-state index contributed by atoms with van der Waals surface area (Å²) in [5.74, 6) is 6.66. The Morgan fingerprint density at radius 3 is 2.33 bits per heavy atom. The van der Waals surface area contributed by atoms with Gasteiger partial charge in [-0.15, -0.1) is 0 Å². The molecule has 0 aromatic heterocycles. The van der Waals surface area contributed by atoms with Gasteiger partial charge in [-0.1, -0.05) is 47.5 Å². The molecule has 3 heteroatoms. The Morgan fingerprint density at radius 2 is 1.71 bits per heavy atom. The van der Waals surface area contributed by atoms with Crippen molar-refractivity contribution >= 4 is 0 Å². The molecule has 0 spiro atoms. The summed E-state index contributed by atoms with van der Waals surface area (Å²) in [5.41, 5.74) is 8.00. The van der Waals surface area contributed by atoms with Crippen LogP contribution in [0.3, 0.4) is 0 Å². The van der Waals surface area contributed by atoms with Crippen LogP contribution in [0, 0.1) is 13.8 Å². The number of benzene rings is 2. The predicted molar refractivity (Wildman–Crippen MR) is 87.4 cm³/mol. The first kappa shape index (κ1) is 15.5. The monoisotopic (exact) mass is 284 g/mol. The fourth-order valence-corrected chi connectivity index (χ4v) is 2.80. The van der Waals surface area contributed by atoms with Crippen molar-refractivity contribution in [2.45, 2.75) is 32.7 Å². The summed E-state index contributed by atoms with van der Waals surface area (Å²) in [6.45, 7) is 4.25. The minimum absolute atomic E-state index is 0.183. The highest BCUT2D eigenvalue weighted by Gasteiger charge is 2.12. The van der Waals surface area contributed by atoms with Crippen LogP contribution in [0.15, 0.2) is 42.5 Å². The van der Waals surface area contributed by atoms with Crippen molar-refractivity contribution in [3.8, 4) is 5.75 Å². The average Bonchev–Trinajstić information content (AvgIpc) is 2.46. The number of hydrazine groups is 1. The molecular weight excluding hydrogens is 260 g/mol. The van der Waals surface area contributed by atoms with Crippen LogP contribution in [0.1, 0.15) is 22.3 Å². The number of hydrogen-bond donors (Lipinski definition) is 2. The van der Waals surface area contributed by atoms with E-state index in [1.54, 1.807) is 7.11 Å². The number of nitrogens with two attached hydrogens (primary N) is 1. The fourth-order valence-electron chi connectivity index (χ4n) is 2.80. The van der Waals surface area contributed by atoms with Gasteiger partial charge in [0.15, 0.2) is 0 Å². The molecule has 21 heavy (non-hydrogen) atoms. The van der Waals surface area contributed by atoms with Gasteiger partial charge in [-0.3, -0.25) is 11.3 Å². The number of aryl methyl sites for hydroxylation is 2. The highest BCUT2D eigenvalue weighted by Crippen LogP contribution is 2.20. The zero-order valence-corrected chi connectivity index (χ0v) is 13.0. The van der Waals surface area contributed by atoms with Crippen LogP contribution in [-0.4, -0.2) is 13.2 Å². The number of para-hydroxylation sites is 1. The van der Waals surface area contributed by atoms with E-state index in [4.69, 9.17) is 10.6 Å². The Kier molecular flexibility index (Phi) is 5.37. The van der Waals surface area contributed by atoms with Gasteiger partial charge in [-0.25, -0.2) is 0 Å². The summed E-state index contributed by atoms with van der Waals surface area (Å²) < 4.78 is 5.41. The number of rotatable bonds is 6. The molecule has 0 fully saturated rings. The molecule has 0 aliphatic heterocycles. The van der Waals surface area contributed by atoms with E-state index in [1.165, 1.54) is 22.3 Å². The zero-order chi connectivity index (χ0) is 15.2. The van der Waals surface area contributed by atoms with E-state index in [1.807, 2.05) is 18.2 Å². The van der Waals surface area contributed by atoms with Crippen LogP contribution in [0.2, 0.25) is 0 Å². The van der Waals surface area contributed by atoms with Crippen LogP contribution in [0.5, 0.6) is 5.75 Å². The smallest absolute Gasteiger partial charge is 0.122 e. The molecule has 2 rings (SSSR count).